The molecule has 0 aliphatic carbocycles. The largest absolute Gasteiger partial charge is 0.478 e. The van der Waals surface area contributed by atoms with Gasteiger partial charge >= 0.3 is 5.97 Å². The molecule has 1 aromatic carbocycles. The Hall–Kier alpha value is -1.62. The highest BCUT2D eigenvalue weighted by atomic mass is 19.1. The first-order chi connectivity index (χ1) is 8.08. The maximum absolute atomic E-state index is 13.6. The molecule has 2 atom stereocenters. The SMILES string of the molecule is C[C@H](N)c1ccc(OC2CCOC2=O)cc1F. The zero-order chi connectivity index (χ0) is 12.4. The average molecular weight is 239 g/mol. The Balaban J connectivity index is 2.12. The molecule has 1 aromatic rings. The molecular formula is C12H14FNO3. The van der Waals surface area contributed by atoms with Crippen LogP contribution in [0.15, 0.2) is 18.2 Å². The first-order valence-corrected chi connectivity index (χ1v) is 5.46. The van der Waals surface area contributed by atoms with Crippen LogP contribution in [0, 0.1) is 5.82 Å². The molecule has 2 rings (SSSR count). The van der Waals surface area contributed by atoms with Gasteiger partial charge < -0.3 is 15.2 Å². The predicted octanol–water partition coefficient (Wildman–Crippen LogP) is 1.54. The zero-order valence-electron chi connectivity index (χ0n) is 9.48. The van der Waals surface area contributed by atoms with E-state index in [1.807, 2.05) is 0 Å². The van der Waals surface area contributed by atoms with E-state index in [2.05, 4.69) is 0 Å². The normalized spacial score (nSPS) is 21.1. The third-order valence-corrected chi connectivity index (χ3v) is 2.63. The maximum Gasteiger partial charge on any atom is 0.347 e. The van der Waals surface area contributed by atoms with Gasteiger partial charge in [-0.2, -0.15) is 0 Å². The second-order valence-electron chi connectivity index (χ2n) is 4.03. The van der Waals surface area contributed by atoms with E-state index < -0.39 is 17.9 Å². The topological polar surface area (TPSA) is 61.6 Å². The summed E-state index contributed by atoms with van der Waals surface area (Å²) in [5, 5.41) is 0. The van der Waals surface area contributed by atoms with Crippen LogP contribution < -0.4 is 10.5 Å². The number of carbonyl (C=O) groups excluding carboxylic acids is 1. The Morgan fingerprint density at radius 3 is 2.88 bits per heavy atom. The molecule has 0 radical (unpaired) electrons. The minimum Gasteiger partial charge on any atom is -0.478 e. The van der Waals surface area contributed by atoms with E-state index in [1.54, 1.807) is 19.1 Å². The van der Waals surface area contributed by atoms with E-state index in [0.717, 1.165) is 0 Å². The van der Waals surface area contributed by atoms with Crippen LogP contribution in [0.2, 0.25) is 0 Å². The minimum atomic E-state index is -0.629. The second kappa shape index (κ2) is 4.71. The Bertz CT molecular complexity index is 434. The zero-order valence-corrected chi connectivity index (χ0v) is 9.48. The number of halogens is 1. The molecule has 1 heterocycles. The van der Waals surface area contributed by atoms with Crippen LogP contribution in [0.4, 0.5) is 4.39 Å². The third kappa shape index (κ3) is 2.55. The molecule has 0 aromatic heterocycles. The monoisotopic (exact) mass is 239 g/mol. The van der Waals surface area contributed by atoms with Crippen LogP contribution in [-0.2, 0) is 9.53 Å². The van der Waals surface area contributed by atoms with Crippen molar-refractivity contribution >= 4 is 5.97 Å². The molecular weight excluding hydrogens is 225 g/mol. The lowest BCUT2D eigenvalue weighted by atomic mass is 10.1. The number of esters is 1. The van der Waals surface area contributed by atoms with Crippen molar-refractivity contribution in [2.45, 2.75) is 25.5 Å². The molecule has 0 spiro atoms. The number of rotatable bonds is 3. The number of hydrogen-bond acceptors (Lipinski definition) is 4. The Morgan fingerprint density at radius 1 is 1.59 bits per heavy atom. The summed E-state index contributed by atoms with van der Waals surface area (Å²) in [4.78, 5) is 11.2. The van der Waals surface area contributed by atoms with Gasteiger partial charge in [0.2, 0.25) is 0 Å². The van der Waals surface area contributed by atoms with Crippen molar-refractivity contribution in [3.63, 3.8) is 0 Å². The van der Waals surface area contributed by atoms with Gasteiger partial charge in [-0.05, 0) is 13.0 Å². The molecule has 1 aliphatic rings. The fourth-order valence-electron chi connectivity index (χ4n) is 1.70. The maximum atomic E-state index is 13.6. The van der Waals surface area contributed by atoms with Gasteiger partial charge in [-0.25, -0.2) is 9.18 Å². The lowest BCUT2D eigenvalue weighted by Crippen LogP contribution is -2.21. The van der Waals surface area contributed by atoms with E-state index in [1.165, 1.54) is 6.07 Å². The van der Waals surface area contributed by atoms with E-state index in [9.17, 15) is 9.18 Å². The summed E-state index contributed by atoms with van der Waals surface area (Å²) in [7, 11) is 0. The summed E-state index contributed by atoms with van der Waals surface area (Å²) < 4.78 is 23.7. The molecule has 5 heteroatoms. The van der Waals surface area contributed by atoms with Crippen LogP contribution in [0.3, 0.4) is 0 Å². The summed E-state index contributed by atoms with van der Waals surface area (Å²) >= 11 is 0. The standard InChI is InChI=1S/C12H14FNO3/c1-7(14)9-3-2-8(6-10(9)13)17-11-4-5-16-12(11)15/h2-3,6-7,11H,4-5,14H2,1H3/t7-,11?/m0/s1. The Kier molecular flexibility index (Phi) is 3.28. The number of cyclic esters (lactones) is 1. The summed E-state index contributed by atoms with van der Waals surface area (Å²) in [6.45, 7) is 2.05. The molecule has 1 unspecified atom stereocenters. The number of carbonyl (C=O) groups is 1. The highest BCUT2D eigenvalue weighted by Crippen LogP contribution is 2.23. The van der Waals surface area contributed by atoms with Gasteiger partial charge in [-0.1, -0.05) is 6.07 Å². The molecule has 1 fully saturated rings. The highest BCUT2D eigenvalue weighted by molar-refractivity contribution is 5.76. The Labute approximate surface area is 98.5 Å². The van der Waals surface area contributed by atoms with Crippen LogP contribution in [0.25, 0.3) is 0 Å². The second-order valence-corrected chi connectivity index (χ2v) is 4.03. The first-order valence-electron chi connectivity index (χ1n) is 5.46. The van der Waals surface area contributed by atoms with Crippen LogP contribution >= 0.6 is 0 Å². The molecule has 0 amide bonds. The molecule has 0 saturated carbocycles. The van der Waals surface area contributed by atoms with Crippen molar-refractivity contribution in [2.75, 3.05) is 6.61 Å². The third-order valence-electron chi connectivity index (χ3n) is 2.63. The molecule has 92 valence electrons. The van der Waals surface area contributed by atoms with Gasteiger partial charge in [0.15, 0.2) is 6.10 Å². The summed E-state index contributed by atoms with van der Waals surface area (Å²) in [5.41, 5.74) is 6.02. The number of ether oxygens (including phenoxy) is 2. The van der Waals surface area contributed by atoms with Crippen LogP contribution in [0.1, 0.15) is 24.9 Å². The van der Waals surface area contributed by atoms with Crippen molar-refractivity contribution in [1.29, 1.82) is 0 Å². The summed E-state index contributed by atoms with van der Waals surface area (Å²) in [6, 6.07) is 4.04. The highest BCUT2D eigenvalue weighted by Gasteiger charge is 2.28. The average Bonchev–Trinajstić information content (AvgIpc) is 2.64. The number of nitrogens with two attached hydrogens (primary N) is 1. The fraction of sp³-hybridized carbons (Fsp3) is 0.417. The molecule has 4 nitrogen and oxygen atoms in total. The van der Waals surface area contributed by atoms with Crippen molar-refractivity contribution in [3.05, 3.63) is 29.6 Å². The molecule has 2 N–H and O–H groups in total. The van der Waals surface area contributed by atoms with Gasteiger partial charge in [0.05, 0.1) is 6.61 Å². The van der Waals surface area contributed by atoms with E-state index in [0.29, 0.717) is 24.3 Å². The quantitative estimate of drug-likeness (QED) is 0.813. The van der Waals surface area contributed by atoms with E-state index in [4.69, 9.17) is 15.2 Å². The summed E-state index contributed by atoms with van der Waals surface area (Å²) in [5.74, 6) is -0.513. The van der Waals surface area contributed by atoms with Crippen molar-refractivity contribution in [1.82, 2.24) is 0 Å². The number of hydrogen-bond donors (Lipinski definition) is 1. The fourth-order valence-corrected chi connectivity index (χ4v) is 1.70. The van der Waals surface area contributed by atoms with Crippen LogP contribution in [-0.4, -0.2) is 18.7 Å². The lowest BCUT2D eigenvalue weighted by molar-refractivity contribution is -0.143. The van der Waals surface area contributed by atoms with E-state index >= 15 is 0 Å². The van der Waals surface area contributed by atoms with Crippen molar-refractivity contribution < 1.29 is 18.7 Å². The van der Waals surface area contributed by atoms with E-state index in [-0.39, 0.29) is 6.04 Å². The van der Waals surface area contributed by atoms with Crippen LogP contribution in [0.5, 0.6) is 5.75 Å². The van der Waals surface area contributed by atoms with Gasteiger partial charge in [-0.15, -0.1) is 0 Å². The van der Waals surface area contributed by atoms with Crippen molar-refractivity contribution in [3.8, 4) is 5.75 Å². The molecule has 1 saturated heterocycles. The van der Waals surface area contributed by atoms with Gasteiger partial charge in [0.1, 0.15) is 11.6 Å². The molecule has 1 aliphatic heterocycles. The van der Waals surface area contributed by atoms with Gasteiger partial charge in [0, 0.05) is 24.1 Å². The molecule has 0 bridgehead atoms. The minimum absolute atomic E-state index is 0.316. The van der Waals surface area contributed by atoms with Gasteiger partial charge in [-0.3, -0.25) is 0 Å². The predicted molar refractivity (Wildman–Crippen MR) is 59.0 cm³/mol. The van der Waals surface area contributed by atoms with Gasteiger partial charge in [0.25, 0.3) is 0 Å². The summed E-state index contributed by atoms with van der Waals surface area (Å²) in [6.07, 6.45) is -0.134. The van der Waals surface area contributed by atoms with Crippen molar-refractivity contribution in [2.24, 2.45) is 5.73 Å². The smallest absolute Gasteiger partial charge is 0.347 e. The molecule has 17 heavy (non-hydrogen) atoms. The lowest BCUT2D eigenvalue weighted by Gasteiger charge is -2.12. The number of benzene rings is 1. The Morgan fingerprint density at radius 2 is 2.35 bits per heavy atom. The first kappa shape index (κ1) is 11.9.